The van der Waals surface area contributed by atoms with E-state index in [1.54, 1.807) is 18.2 Å². The van der Waals surface area contributed by atoms with Crippen LogP contribution in [0.25, 0.3) is 0 Å². The van der Waals surface area contributed by atoms with Gasteiger partial charge in [-0.3, -0.25) is 4.55 Å². The Morgan fingerprint density at radius 1 is 0.462 bits per heavy atom. The molecule has 0 aliphatic heterocycles. The van der Waals surface area contributed by atoms with Gasteiger partial charge in [-0.05, 0) is 97.5 Å². The van der Waals surface area contributed by atoms with Gasteiger partial charge in [-0.25, -0.2) is 8.42 Å². The Morgan fingerprint density at radius 2 is 0.800 bits per heavy atom. The van der Waals surface area contributed by atoms with Gasteiger partial charge >= 0.3 is 37.7 Å². The van der Waals surface area contributed by atoms with Gasteiger partial charge in [-0.1, -0.05) is 173 Å². The van der Waals surface area contributed by atoms with Crippen LogP contribution < -0.4 is 14.6 Å². The molecule has 356 valence electrons. The fraction of sp³-hybridized carbons (Fsp3) is 0.538. The Kier molecular flexibility index (Phi) is 30.1. The Labute approximate surface area is 421 Å². The molecule has 0 radical (unpaired) electrons. The first kappa shape index (κ1) is 58.3. The van der Waals surface area contributed by atoms with Gasteiger partial charge in [-0.15, -0.1) is 5.75 Å². The maximum Gasteiger partial charge on any atom is 2.00 e. The summed E-state index contributed by atoms with van der Waals surface area (Å²) in [4.78, 5) is -0.489. The number of benzene rings is 4. The molecule has 4 aromatic carbocycles. The topological polar surface area (TPSA) is 173 Å². The van der Waals surface area contributed by atoms with Gasteiger partial charge in [0.05, 0.1) is 9.79 Å². The van der Waals surface area contributed by atoms with Gasteiger partial charge in [-0.2, -0.15) is 8.42 Å². The first-order valence-corrected chi connectivity index (χ1v) is 26.8. The smallest absolute Gasteiger partial charge is 0.872 e. The monoisotopic (exact) mass is 962 g/mol. The van der Waals surface area contributed by atoms with Crippen molar-refractivity contribution >= 4 is 58.0 Å². The quantitative estimate of drug-likeness (QED) is 0.0272. The van der Waals surface area contributed by atoms with E-state index in [1.165, 1.54) is 196 Å². The Bertz CT molecular complexity index is 1940. The molecule has 4 rings (SSSR count). The zero-order chi connectivity index (χ0) is 46.5. The Morgan fingerprint density at radius 3 is 1.17 bits per heavy atom. The van der Waals surface area contributed by atoms with Crippen LogP contribution in [0.3, 0.4) is 0 Å². The second-order valence-electron chi connectivity index (χ2n) is 16.9. The zero-order valence-corrected chi connectivity index (χ0v) is 43.0. The molecule has 0 aliphatic carbocycles. The van der Waals surface area contributed by atoms with E-state index in [-0.39, 0.29) is 59.0 Å². The molecule has 4 aromatic rings. The first-order chi connectivity index (χ1) is 30.8. The van der Waals surface area contributed by atoms with Crippen molar-refractivity contribution < 1.29 is 45.6 Å². The van der Waals surface area contributed by atoms with E-state index in [2.05, 4.69) is 13.8 Å². The van der Waals surface area contributed by atoms with Crippen LogP contribution in [0.1, 0.15) is 179 Å². The molecular weight excluding hydrogens is 889 g/mol. The number of aryl methyl sites for hydroxylation is 2. The van der Waals surface area contributed by atoms with Crippen LogP contribution in [0.5, 0.6) is 34.5 Å². The van der Waals surface area contributed by atoms with Crippen LogP contribution in [0.2, 0.25) is 0 Å². The van der Waals surface area contributed by atoms with Crippen LogP contribution >= 0.6 is 0 Å². The number of rotatable bonds is 32. The second kappa shape index (κ2) is 33.6. The molecule has 65 heavy (non-hydrogen) atoms. The molecule has 0 unspecified atom stereocenters. The van der Waals surface area contributed by atoms with Crippen LogP contribution in [0.4, 0.5) is 0 Å². The molecule has 0 fully saturated rings. The summed E-state index contributed by atoms with van der Waals surface area (Å²) < 4.78 is 76.3. The third-order valence-electron chi connectivity index (χ3n) is 11.4. The van der Waals surface area contributed by atoms with Gasteiger partial charge in [0.15, 0.2) is 0 Å². The number of ether oxygens (including phenoxy) is 2. The van der Waals surface area contributed by atoms with Crippen molar-refractivity contribution in [3.8, 4) is 34.5 Å². The first-order valence-electron chi connectivity index (χ1n) is 23.9. The predicted octanol–water partition coefficient (Wildman–Crippen LogP) is 14.0. The van der Waals surface area contributed by atoms with Gasteiger partial charge in [0.1, 0.15) is 38.9 Å². The van der Waals surface area contributed by atoms with E-state index in [9.17, 15) is 31.6 Å². The van der Waals surface area contributed by atoms with E-state index < -0.39 is 20.2 Å². The minimum atomic E-state index is -4.49. The third kappa shape index (κ3) is 25.8. The maximum absolute atomic E-state index is 11.8. The molecular formula is C52H74CaO10S2. The summed E-state index contributed by atoms with van der Waals surface area (Å²) in [5.74, 6) is 1.86. The van der Waals surface area contributed by atoms with E-state index in [0.717, 1.165) is 43.2 Å². The summed E-state index contributed by atoms with van der Waals surface area (Å²) in [6, 6.07) is 20.7. The fourth-order valence-electron chi connectivity index (χ4n) is 7.60. The average molecular weight is 963 g/mol. The summed E-state index contributed by atoms with van der Waals surface area (Å²) in [6.45, 7) is 4.50. The zero-order valence-electron chi connectivity index (χ0n) is 39.2. The molecule has 13 heteroatoms. The molecule has 0 atom stereocenters. The van der Waals surface area contributed by atoms with E-state index in [0.29, 0.717) is 23.0 Å². The van der Waals surface area contributed by atoms with Crippen molar-refractivity contribution in [2.75, 3.05) is 0 Å². The molecule has 0 saturated carbocycles. The van der Waals surface area contributed by atoms with Crippen molar-refractivity contribution in [3.05, 3.63) is 96.1 Å². The van der Waals surface area contributed by atoms with Crippen LogP contribution in [0, 0.1) is 0 Å². The van der Waals surface area contributed by atoms with Gasteiger partial charge in [0.25, 0.3) is 10.1 Å². The molecule has 0 aliphatic rings. The largest absolute Gasteiger partial charge is 2.00 e. The molecule has 10 nitrogen and oxygen atoms in total. The predicted molar refractivity (Wildman–Crippen MR) is 260 cm³/mol. The van der Waals surface area contributed by atoms with Crippen molar-refractivity contribution in [3.63, 3.8) is 0 Å². The van der Waals surface area contributed by atoms with Crippen molar-refractivity contribution in [1.82, 2.24) is 0 Å². The second-order valence-corrected chi connectivity index (χ2v) is 19.7. The minimum absolute atomic E-state index is 0. The Hall–Kier alpha value is -2.84. The number of aromatic hydroxyl groups is 1. The maximum atomic E-state index is 11.8. The van der Waals surface area contributed by atoms with Crippen molar-refractivity contribution in [1.29, 1.82) is 0 Å². The molecule has 2 N–H and O–H groups in total. The molecule has 0 heterocycles. The minimum Gasteiger partial charge on any atom is -0.872 e. The number of hydrogen-bond acceptors (Lipinski definition) is 9. The summed E-state index contributed by atoms with van der Waals surface area (Å²) in [5, 5.41) is 21.6. The van der Waals surface area contributed by atoms with Crippen LogP contribution in [-0.2, 0) is 33.1 Å². The Balaban J connectivity index is 0.000000440. The summed E-state index contributed by atoms with van der Waals surface area (Å²) in [6.07, 6.45) is 32.7. The van der Waals surface area contributed by atoms with Crippen LogP contribution in [-0.4, -0.2) is 68.8 Å². The van der Waals surface area contributed by atoms with Crippen LogP contribution in [0.15, 0.2) is 94.7 Å². The fourth-order valence-corrected chi connectivity index (χ4v) is 8.55. The normalized spacial score (nSPS) is 11.4. The summed E-state index contributed by atoms with van der Waals surface area (Å²) in [5.41, 5.74) is 1.96. The average Bonchev–Trinajstić information content (AvgIpc) is 3.26. The van der Waals surface area contributed by atoms with E-state index in [1.807, 2.05) is 6.07 Å². The third-order valence-corrected chi connectivity index (χ3v) is 13.1. The van der Waals surface area contributed by atoms with Crippen molar-refractivity contribution in [2.45, 2.75) is 191 Å². The number of hydrogen-bond donors (Lipinski definition) is 2. The SMILES string of the molecule is CCCCCCCCCCCCCCc1ccc(O)cc1Oc1ccc(S(=O)(=O)O)cc1.CCCCCCCCCCCCCCc1ccc([O-])cc1Oc1ccc(S(=O)(=O)[O-])cc1.[Ca+2]. The molecule has 0 aromatic heterocycles. The number of unbranched alkanes of at least 4 members (excludes halogenated alkanes) is 22. The molecule has 0 bridgehead atoms. The molecule has 0 spiro atoms. The van der Waals surface area contributed by atoms with E-state index >= 15 is 0 Å². The number of phenolic OH excluding ortho intramolecular Hbond substituents is 1. The molecule has 0 amide bonds. The van der Waals surface area contributed by atoms with Crippen molar-refractivity contribution in [2.24, 2.45) is 0 Å². The number of phenols is 1. The van der Waals surface area contributed by atoms with Gasteiger partial charge in [0, 0.05) is 6.07 Å². The summed E-state index contributed by atoms with van der Waals surface area (Å²) >= 11 is 0. The van der Waals surface area contributed by atoms with E-state index in [4.69, 9.17) is 14.0 Å². The van der Waals surface area contributed by atoms with Gasteiger partial charge < -0.3 is 24.2 Å². The standard InChI is InChI=1S/2C26H38O5S.Ca/c2*1-2-3-4-5-6-7-8-9-10-11-12-13-14-22-15-16-23(27)21-26(22)31-24-17-19-25(20-18-24)32(28,29)30;/h2*15-21,27H,2-14H2,1H3,(H,28,29,30);/q;;+2/p-2. The van der Waals surface area contributed by atoms with Gasteiger partial charge in [0.2, 0.25) is 0 Å². The summed E-state index contributed by atoms with van der Waals surface area (Å²) in [7, 11) is -8.73. The molecule has 0 saturated heterocycles.